The number of anilines is 2. The fourth-order valence-electron chi connectivity index (χ4n) is 2.91. The van der Waals surface area contributed by atoms with E-state index in [0.29, 0.717) is 24.5 Å². The van der Waals surface area contributed by atoms with Crippen LogP contribution in [-0.2, 0) is 13.1 Å². The molecule has 2 N–H and O–H groups in total. The average molecular weight is 369 g/mol. The van der Waals surface area contributed by atoms with Gasteiger partial charge in [-0.3, -0.25) is 9.89 Å². The molecule has 3 aromatic rings. The van der Waals surface area contributed by atoms with E-state index >= 15 is 0 Å². The number of benzene rings is 1. The van der Waals surface area contributed by atoms with Crippen molar-refractivity contribution in [1.82, 2.24) is 15.2 Å². The molecule has 1 aliphatic heterocycles. The van der Waals surface area contributed by atoms with E-state index in [-0.39, 0.29) is 11.7 Å². The molecule has 0 spiro atoms. The topological polar surface area (TPSA) is 73.9 Å². The number of pyridine rings is 1. The normalized spacial score (nSPS) is 12.9. The summed E-state index contributed by atoms with van der Waals surface area (Å²) in [6.07, 6.45) is 3.79. The Kier molecular flexibility index (Phi) is 4.34. The molecule has 3 heterocycles. The molecule has 1 aromatic carbocycles. The van der Waals surface area contributed by atoms with Crippen LogP contribution in [0.4, 0.5) is 15.9 Å². The van der Waals surface area contributed by atoms with Crippen LogP contribution in [0.3, 0.4) is 0 Å². The zero-order valence-corrected chi connectivity index (χ0v) is 14.8. The van der Waals surface area contributed by atoms with E-state index in [9.17, 15) is 9.18 Å². The number of aromatic nitrogens is 3. The zero-order valence-electron chi connectivity index (χ0n) is 14.0. The van der Waals surface area contributed by atoms with Gasteiger partial charge < -0.3 is 10.2 Å². The first-order valence-electron chi connectivity index (χ1n) is 8.02. The minimum absolute atomic E-state index is 0.314. The largest absolute Gasteiger partial charge is 0.361 e. The van der Waals surface area contributed by atoms with Crippen molar-refractivity contribution in [2.24, 2.45) is 0 Å². The average Bonchev–Trinajstić information content (AvgIpc) is 3.24. The maximum Gasteiger partial charge on any atom is 0.256 e. The maximum absolute atomic E-state index is 13.0. The summed E-state index contributed by atoms with van der Waals surface area (Å²) < 4.78 is 13.0. The number of hydrogen-bond acceptors (Lipinski definition) is 5. The quantitative estimate of drug-likeness (QED) is 0.689. The van der Waals surface area contributed by atoms with Gasteiger partial charge in [-0.25, -0.2) is 9.37 Å². The second kappa shape index (κ2) is 6.80. The number of H-pyrrole nitrogens is 1. The van der Waals surface area contributed by atoms with Gasteiger partial charge >= 0.3 is 0 Å². The Morgan fingerprint density at radius 1 is 1.27 bits per heavy atom. The lowest BCUT2D eigenvalue weighted by molar-refractivity contribution is 0.102. The highest BCUT2D eigenvalue weighted by molar-refractivity contribution is 7.98. The molecule has 0 aliphatic carbocycles. The first-order valence-corrected chi connectivity index (χ1v) is 9.24. The number of fused-ring (bicyclic) bond motifs is 1. The standard InChI is InChI=1S/C18H16FN5OS/c1-26-16-8-13(6-7-20-16)24-9-14-15(10-24)22-23-17(14)21-18(25)11-2-4-12(19)5-3-11/h2-8H,9-10H2,1H3,(H2,21,22,23,25). The summed E-state index contributed by atoms with van der Waals surface area (Å²) in [7, 11) is 0. The lowest BCUT2D eigenvalue weighted by Crippen LogP contribution is -2.17. The van der Waals surface area contributed by atoms with Crippen LogP contribution in [0.2, 0.25) is 0 Å². The van der Waals surface area contributed by atoms with E-state index in [1.54, 1.807) is 18.0 Å². The van der Waals surface area contributed by atoms with Crippen molar-refractivity contribution in [2.75, 3.05) is 16.5 Å². The lowest BCUT2D eigenvalue weighted by Gasteiger charge is -2.18. The van der Waals surface area contributed by atoms with Gasteiger partial charge in [-0.1, -0.05) is 0 Å². The fraction of sp³-hybridized carbons (Fsp3) is 0.167. The number of nitrogens with zero attached hydrogens (tertiary/aromatic N) is 3. The third-order valence-electron chi connectivity index (χ3n) is 4.28. The minimum Gasteiger partial charge on any atom is -0.361 e. The van der Waals surface area contributed by atoms with Gasteiger partial charge in [0.2, 0.25) is 0 Å². The second-order valence-electron chi connectivity index (χ2n) is 5.90. The molecule has 26 heavy (non-hydrogen) atoms. The summed E-state index contributed by atoms with van der Waals surface area (Å²) in [6, 6.07) is 9.43. The Hall–Kier alpha value is -2.87. The van der Waals surface area contributed by atoms with Gasteiger partial charge in [0, 0.05) is 29.6 Å². The summed E-state index contributed by atoms with van der Waals surface area (Å²) in [4.78, 5) is 18.8. The number of rotatable bonds is 4. The van der Waals surface area contributed by atoms with Crippen molar-refractivity contribution in [3.05, 3.63) is 65.2 Å². The van der Waals surface area contributed by atoms with Crippen LogP contribution >= 0.6 is 11.8 Å². The monoisotopic (exact) mass is 369 g/mol. The Labute approximate surface area is 153 Å². The highest BCUT2D eigenvalue weighted by atomic mass is 32.2. The van der Waals surface area contributed by atoms with Crippen molar-refractivity contribution >= 4 is 29.2 Å². The molecular weight excluding hydrogens is 353 g/mol. The molecule has 0 unspecified atom stereocenters. The summed E-state index contributed by atoms with van der Waals surface area (Å²) in [5.41, 5.74) is 3.39. The van der Waals surface area contributed by atoms with E-state index < -0.39 is 0 Å². The molecule has 2 aromatic heterocycles. The Morgan fingerprint density at radius 2 is 2.08 bits per heavy atom. The molecule has 4 rings (SSSR count). The first kappa shape index (κ1) is 16.6. The van der Waals surface area contributed by atoms with E-state index in [1.807, 2.05) is 18.4 Å². The van der Waals surface area contributed by atoms with E-state index in [1.165, 1.54) is 24.3 Å². The number of hydrogen-bond donors (Lipinski definition) is 2. The highest BCUT2D eigenvalue weighted by Crippen LogP contribution is 2.32. The Morgan fingerprint density at radius 3 is 2.85 bits per heavy atom. The van der Waals surface area contributed by atoms with Crippen LogP contribution in [0.5, 0.6) is 0 Å². The highest BCUT2D eigenvalue weighted by Gasteiger charge is 2.26. The van der Waals surface area contributed by atoms with Crippen molar-refractivity contribution < 1.29 is 9.18 Å². The smallest absolute Gasteiger partial charge is 0.256 e. The molecule has 0 atom stereocenters. The van der Waals surface area contributed by atoms with Crippen LogP contribution < -0.4 is 10.2 Å². The minimum atomic E-state index is -0.375. The van der Waals surface area contributed by atoms with Crippen LogP contribution in [0.25, 0.3) is 0 Å². The van der Waals surface area contributed by atoms with E-state index in [0.717, 1.165) is 22.0 Å². The Bertz CT molecular complexity index is 956. The predicted molar refractivity (Wildman–Crippen MR) is 98.8 cm³/mol. The van der Waals surface area contributed by atoms with Crippen LogP contribution in [-0.4, -0.2) is 27.3 Å². The van der Waals surface area contributed by atoms with Crippen molar-refractivity contribution in [1.29, 1.82) is 0 Å². The van der Waals surface area contributed by atoms with Gasteiger partial charge in [0.25, 0.3) is 5.91 Å². The second-order valence-corrected chi connectivity index (χ2v) is 6.73. The summed E-state index contributed by atoms with van der Waals surface area (Å²) in [5, 5.41) is 11.0. The predicted octanol–water partition coefficient (Wildman–Crippen LogP) is 3.44. The van der Waals surface area contributed by atoms with Gasteiger partial charge in [0.15, 0.2) is 5.82 Å². The maximum atomic E-state index is 13.0. The first-order chi connectivity index (χ1) is 12.6. The fourth-order valence-corrected chi connectivity index (χ4v) is 3.32. The van der Waals surface area contributed by atoms with E-state index in [4.69, 9.17) is 0 Å². The number of aromatic amines is 1. The molecule has 0 radical (unpaired) electrons. The van der Waals surface area contributed by atoms with Crippen LogP contribution in [0.15, 0.2) is 47.6 Å². The Balaban J connectivity index is 1.51. The summed E-state index contributed by atoms with van der Waals surface area (Å²) in [6.45, 7) is 1.33. The number of amides is 1. The molecule has 0 fully saturated rings. The van der Waals surface area contributed by atoms with E-state index in [2.05, 4.69) is 25.4 Å². The third-order valence-corrected chi connectivity index (χ3v) is 4.92. The number of carbonyl (C=O) groups is 1. The molecule has 0 saturated heterocycles. The molecule has 1 aliphatic rings. The zero-order chi connectivity index (χ0) is 18.1. The van der Waals surface area contributed by atoms with Gasteiger partial charge in [-0.05, 0) is 42.7 Å². The number of thioether (sulfide) groups is 1. The molecule has 0 saturated carbocycles. The molecule has 132 valence electrons. The van der Waals surface area contributed by atoms with Crippen molar-refractivity contribution in [3.8, 4) is 0 Å². The molecule has 0 bridgehead atoms. The molecular formula is C18H16FN5OS. The summed E-state index contributed by atoms with van der Waals surface area (Å²) in [5.74, 6) is -0.179. The third kappa shape index (κ3) is 3.15. The number of carbonyl (C=O) groups excluding carboxylic acids is 1. The van der Waals surface area contributed by atoms with Crippen molar-refractivity contribution in [3.63, 3.8) is 0 Å². The van der Waals surface area contributed by atoms with Gasteiger partial charge in [0.1, 0.15) is 5.82 Å². The molecule has 1 amide bonds. The lowest BCUT2D eigenvalue weighted by atomic mass is 10.2. The number of nitrogens with one attached hydrogen (secondary N) is 2. The van der Waals surface area contributed by atoms with Gasteiger partial charge in [0.05, 0.1) is 17.3 Å². The molecule has 6 nitrogen and oxygen atoms in total. The number of halogens is 1. The summed E-state index contributed by atoms with van der Waals surface area (Å²) >= 11 is 1.60. The van der Waals surface area contributed by atoms with Crippen molar-refractivity contribution in [2.45, 2.75) is 18.1 Å². The SMILES string of the molecule is CSc1cc(N2Cc3[nH]nc(NC(=O)c4ccc(F)cc4)c3C2)ccn1. The van der Waals surface area contributed by atoms with Gasteiger partial charge in [-0.15, -0.1) is 11.8 Å². The molecule has 8 heteroatoms. The van der Waals surface area contributed by atoms with Gasteiger partial charge in [-0.2, -0.15) is 5.10 Å². The van der Waals surface area contributed by atoms with Crippen LogP contribution in [0, 0.1) is 5.82 Å². The van der Waals surface area contributed by atoms with Crippen LogP contribution in [0.1, 0.15) is 21.6 Å².